The number of nitrogens with zero attached hydrogens (tertiary/aromatic N) is 6. The van der Waals surface area contributed by atoms with Gasteiger partial charge in [0.15, 0.2) is 0 Å². The molecule has 0 bridgehead atoms. The SMILES string of the molecule is N/N=N/N=N/N/N=N/N. The molecule has 0 fully saturated rings. The van der Waals surface area contributed by atoms with Crippen LogP contribution < -0.4 is 17.2 Å². The standard InChI is InChI=1S/H5N9/c1-3-5-7-9-8-6-4-2/h(H,3,4,7,8)(H4,1,2,5,6,9). The summed E-state index contributed by atoms with van der Waals surface area (Å²) in [5.41, 5.74) is 1.95. The lowest BCUT2D eigenvalue weighted by Gasteiger charge is -1.77. The molecule has 0 saturated carbocycles. The largest absolute Gasteiger partial charge is 0.303 e. The van der Waals surface area contributed by atoms with Crippen LogP contribution in [0.25, 0.3) is 0 Å². The molecule has 0 radical (unpaired) electrons. The number of nitrogens with two attached hydrogens (primary N) is 2. The summed E-state index contributed by atoms with van der Waals surface area (Å²) in [6.45, 7) is 0. The average molecular weight is 131 g/mol. The molecule has 0 atom stereocenters. The van der Waals surface area contributed by atoms with Gasteiger partial charge in [-0.3, -0.25) is 0 Å². The van der Waals surface area contributed by atoms with Gasteiger partial charge in [-0.1, -0.05) is 10.4 Å². The molecule has 0 aliphatic rings. The Hall–Kier alpha value is -1.80. The average Bonchev–Trinajstić information content (AvgIpc) is 1.89. The van der Waals surface area contributed by atoms with Gasteiger partial charge in [0, 0.05) is 0 Å². The number of hydrogen-bond acceptors (Lipinski definition) is 4. The zero-order valence-electron chi connectivity index (χ0n) is 4.34. The Labute approximate surface area is 49.8 Å². The lowest BCUT2D eigenvalue weighted by molar-refractivity contribution is 0.654. The van der Waals surface area contributed by atoms with Gasteiger partial charge >= 0.3 is 0 Å². The minimum atomic E-state index is 1.95. The molecule has 0 aliphatic heterocycles. The zero-order valence-corrected chi connectivity index (χ0v) is 4.34. The third kappa shape index (κ3) is 6.20. The summed E-state index contributed by atoms with van der Waals surface area (Å²) in [5, 5.41) is 17.4. The van der Waals surface area contributed by atoms with Gasteiger partial charge in [0.25, 0.3) is 0 Å². The van der Waals surface area contributed by atoms with E-state index in [9.17, 15) is 0 Å². The van der Waals surface area contributed by atoms with E-state index in [2.05, 4.69) is 43.0 Å². The Kier molecular flexibility index (Phi) is 4.96. The van der Waals surface area contributed by atoms with Crippen LogP contribution in [0.2, 0.25) is 0 Å². The van der Waals surface area contributed by atoms with Crippen LogP contribution in [0.4, 0.5) is 0 Å². The summed E-state index contributed by atoms with van der Waals surface area (Å²) in [6, 6.07) is 0. The Morgan fingerprint density at radius 1 is 0.889 bits per heavy atom. The lowest BCUT2D eigenvalue weighted by atomic mass is 12.3. The van der Waals surface area contributed by atoms with Gasteiger partial charge in [-0.2, -0.15) is 5.53 Å². The van der Waals surface area contributed by atoms with Crippen molar-refractivity contribution in [3.63, 3.8) is 0 Å². The molecule has 0 heterocycles. The van der Waals surface area contributed by atoms with Crippen LogP contribution in [-0.4, -0.2) is 0 Å². The fourth-order valence-corrected chi connectivity index (χ4v) is 0.109. The fraction of sp³-hybridized carbons (Fsp3) is 0. The minimum Gasteiger partial charge on any atom is -0.303 e. The maximum Gasteiger partial charge on any atom is -0.00224 e. The molecule has 5 N–H and O–H groups in total. The molecule has 0 aliphatic carbocycles. The van der Waals surface area contributed by atoms with E-state index in [1.54, 1.807) is 0 Å². The minimum absolute atomic E-state index is 1.95. The summed E-state index contributed by atoms with van der Waals surface area (Å²) >= 11 is 0. The topological polar surface area (TPSA) is 138 Å². The molecular weight excluding hydrogens is 126 g/mol. The predicted molar refractivity (Wildman–Crippen MR) is 26.1 cm³/mol. The van der Waals surface area contributed by atoms with E-state index in [0.29, 0.717) is 0 Å². The van der Waals surface area contributed by atoms with Crippen LogP contribution in [0, 0.1) is 0 Å². The highest BCUT2D eigenvalue weighted by molar-refractivity contribution is 4.06. The van der Waals surface area contributed by atoms with Gasteiger partial charge in [0.1, 0.15) is 0 Å². The van der Waals surface area contributed by atoms with E-state index < -0.39 is 0 Å². The molecule has 0 spiro atoms. The maximum absolute atomic E-state index is 4.56. The van der Waals surface area contributed by atoms with Crippen LogP contribution >= 0.6 is 0 Å². The maximum atomic E-state index is 4.56. The van der Waals surface area contributed by atoms with E-state index in [1.807, 2.05) is 5.53 Å². The van der Waals surface area contributed by atoms with E-state index >= 15 is 0 Å². The second-order valence-corrected chi connectivity index (χ2v) is 0.710. The quantitative estimate of drug-likeness (QED) is 0.268. The molecule has 9 nitrogen and oxygen atoms in total. The van der Waals surface area contributed by atoms with Gasteiger partial charge in [-0.15, -0.1) is 0 Å². The third-order valence-electron chi connectivity index (χ3n) is 0.284. The first-order valence-electron chi connectivity index (χ1n) is 1.76. The van der Waals surface area contributed by atoms with Crippen LogP contribution in [0.1, 0.15) is 0 Å². The number of hydrogen-bond donors (Lipinski definition) is 3. The highest BCUT2D eigenvalue weighted by Crippen LogP contribution is 1.70. The molecule has 9 heavy (non-hydrogen) atoms. The van der Waals surface area contributed by atoms with E-state index in [-0.39, 0.29) is 0 Å². The van der Waals surface area contributed by atoms with Crippen molar-refractivity contribution in [3.8, 4) is 0 Å². The van der Waals surface area contributed by atoms with Crippen molar-refractivity contribution in [2.24, 2.45) is 43.0 Å². The second kappa shape index (κ2) is 6.20. The first-order valence-corrected chi connectivity index (χ1v) is 1.76. The van der Waals surface area contributed by atoms with E-state index in [4.69, 9.17) is 0 Å². The Bertz CT molecular complexity index is 116. The molecule has 0 amide bonds. The van der Waals surface area contributed by atoms with Crippen LogP contribution in [-0.2, 0) is 0 Å². The molecule has 9 heteroatoms. The predicted octanol–water partition coefficient (Wildman–Crippen LogP) is -0.575. The van der Waals surface area contributed by atoms with Crippen molar-refractivity contribution >= 4 is 0 Å². The van der Waals surface area contributed by atoms with Crippen LogP contribution in [0.3, 0.4) is 0 Å². The van der Waals surface area contributed by atoms with E-state index in [0.717, 1.165) is 0 Å². The Balaban J connectivity index is 3.25. The van der Waals surface area contributed by atoms with Crippen molar-refractivity contribution in [2.45, 2.75) is 0 Å². The molecule has 0 aromatic rings. The summed E-state index contributed by atoms with van der Waals surface area (Å²) in [5.74, 6) is 9.10. The van der Waals surface area contributed by atoms with Crippen LogP contribution in [0.5, 0.6) is 0 Å². The second-order valence-electron chi connectivity index (χ2n) is 0.710. The van der Waals surface area contributed by atoms with Crippen molar-refractivity contribution < 1.29 is 0 Å². The van der Waals surface area contributed by atoms with Gasteiger partial charge < -0.3 is 11.7 Å². The Morgan fingerprint density at radius 3 is 2.22 bits per heavy atom. The lowest BCUT2D eigenvalue weighted by Crippen LogP contribution is -1.91. The first-order chi connectivity index (χ1) is 4.41. The molecule has 0 unspecified atom stereocenters. The number of nitrogens with one attached hydrogen (secondary N) is 1. The zero-order chi connectivity index (χ0) is 6.95. The van der Waals surface area contributed by atoms with Gasteiger partial charge in [0.05, 0.1) is 0 Å². The van der Waals surface area contributed by atoms with Crippen molar-refractivity contribution in [3.05, 3.63) is 0 Å². The highest BCUT2D eigenvalue weighted by Gasteiger charge is 1.63. The summed E-state index contributed by atoms with van der Waals surface area (Å²) in [4.78, 5) is 0. The smallest absolute Gasteiger partial charge is 0.00224 e. The normalized spacial score (nSPS) is 12.0. The van der Waals surface area contributed by atoms with Crippen molar-refractivity contribution in [1.82, 2.24) is 5.53 Å². The molecular formula is H5N9. The summed E-state index contributed by atoms with van der Waals surface area (Å²) < 4.78 is 0. The highest BCUT2D eigenvalue weighted by atomic mass is 15.7. The van der Waals surface area contributed by atoms with Gasteiger partial charge in [-0.05, 0) is 20.9 Å². The monoisotopic (exact) mass is 131 g/mol. The molecule has 0 rings (SSSR count). The third-order valence-corrected chi connectivity index (χ3v) is 0.284. The van der Waals surface area contributed by atoms with Crippen LogP contribution in [0.15, 0.2) is 31.3 Å². The van der Waals surface area contributed by atoms with Crippen molar-refractivity contribution in [2.75, 3.05) is 0 Å². The molecule has 0 aromatic carbocycles. The number of rotatable bonds is 3. The summed E-state index contributed by atoms with van der Waals surface area (Å²) in [6.07, 6.45) is 0. The van der Waals surface area contributed by atoms with E-state index in [1.165, 1.54) is 0 Å². The molecule has 0 saturated heterocycles. The van der Waals surface area contributed by atoms with Gasteiger partial charge in [-0.25, -0.2) is 0 Å². The van der Waals surface area contributed by atoms with Crippen molar-refractivity contribution in [1.29, 1.82) is 0 Å². The fourth-order valence-electron chi connectivity index (χ4n) is 0.109. The Morgan fingerprint density at radius 2 is 1.67 bits per heavy atom. The molecule has 50 valence electrons. The molecule has 0 aromatic heterocycles. The first kappa shape index (κ1) is 7.20. The van der Waals surface area contributed by atoms with Gasteiger partial charge in [0.2, 0.25) is 0 Å². The summed E-state index contributed by atoms with van der Waals surface area (Å²) in [7, 11) is 0.